The summed E-state index contributed by atoms with van der Waals surface area (Å²) in [5.74, 6) is -0.0796. The molecule has 0 saturated heterocycles. The van der Waals surface area contributed by atoms with Gasteiger partial charge in [-0.25, -0.2) is 0 Å². The molecule has 0 saturated carbocycles. The highest BCUT2D eigenvalue weighted by Gasteiger charge is 2.26. The highest BCUT2D eigenvalue weighted by molar-refractivity contribution is 6.01. The normalized spacial score (nSPS) is 17.8. The van der Waals surface area contributed by atoms with E-state index in [0.29, 0.717) is 37.2 Å². The number of ketones is 1. The van der Waals surface area contributed by atoms with Crippen molar-refractivity contribution in [3.8, 4) is 0 Å². The molecular formula is C15H20N2O3. The Morgan fingerprint density at radius 1 is 1.30 bits per heavy atom. The van der Waals surface area contributed by atoms with Gasteiger partial charge in [-0.15, -0.1) is 0 Å². The van der Waals surface area contributed by atoms with Crippen LogP contribution in [0.4, 0.5) is 0 Å². The first-order chi connectivity index (χ1) is 9.47. The van der Waals surface area contributed by atoms with Crippen molar-refractivity contribution in [3.63, 3.8) is 0 Å². The zero-order valence-electron chi connectivity index (χ0n) is 12.2. The van der Waals surface area contributed by atoms with Crippen LogP contribution in [-0.2, 0) is 6.42 Å². The molecular weight excluding hydrogens is 256 g/mol. The average Bonchev–Trinajstić information content (AvgIpc) is 2.38. The lowest BCUT2D eigenvalue weighted by atomic mass is 9.86. The van der Waals surface area contributed by atoms with Crippen LogP contribution in [-0.4, -0.2) is 34.7 Å². The van der Waals surface area contributed by atoms with Gasteiger partial charge in [-0.3, -0.25) is 14.4 Å². The van der Waals surface area contributed by atoms with E-state index in [0.717, 1.165) is 0 Å². The van der Waals surface area contributed by atoms with Crippen LogP contribution in [0, 0.1) is 5.92 Å². The Kier molecular flexibility index (Phi) is 4.06. The van der Waals surface area contributed by atoms with Crippen LogP contribution in [0.2, 0.25) is 0 Å². The number of aromatic nitrogens is 1. The van der Waals surface area contributed by atoms with Gasteiger partial charge < -0.3 is 9.88 Å². The largest absolute Gasteiger partial charge is 0.339 e. The van der Waals surface area contributed by atoms with Gasteiger partial charge in [-0.2, -0.15) is 0 Å². The predicted molar refractivity (Wildman–Crippen MR) is 76.1 cm³/mol. The number of nitrogens with zero attached hydrogens (tertiary/aromatic N) is 1. The Labute approximate surface area is 118 Å². The van der Waals surface area contributed by atoms with E-state index in [2.05, 4.69) is 4.98 Å². The minimum absolute atomic E-state index is 0.00333. The minimum atomic E-state index is -0.400. The first-order valence-corrected chi connectivity index (χ1v) is 7.06. The third-order valence-electron chi connectivity index (χ3n) is 3.79. The number of nitrogens with one attached hydrogen (secondary N) is 1. The number of rotatable bonds is 3. The molecule has 0 aliphatic heterocycles. The fourth-order valence-corrected chi connectivity index (χ4v) is 2.67. The van der Waals surface area contributed by atoms with E-state index in [1.807, 2.05) is 20.8 Å². The van der Waals surface area contributed by atoms with Crippen LogP contribution in [0.25, 0.3) is 0 Å². The van der Waals surface area contributed by atoms with Crippen molar-refractivity contribution >= 4 is 11.7 Å². The number of hydrogen-bond acceptors (Lipinski definition) is 3. The van der Waals surface area contributed by atoms with Gasteiger partial charge >= 0.3 is 0 Å². The Balaban J connectivity index is 2.47. The summed E-state index contributed by atoms with van der Waals surface area (Å²) in [6, 6.07) is 1.48. The maximum Gasteiger partial charge on any atom is 0.261 e. The van der Waals surface area contributed by atoms with Crippen molar-refractivity contribution < 1.29 is 9.59 Å². The molecule has 1 aliphatic carbocycles. The zero-order valence-corrected chi connectivity index (χ0v) is 12.2. The second-order valence-corrected chi connectivity index (χ2v) is 5.32. The van der Waals surface area contributed by atoms with E-state index < -0.39 is 5.56 Å². The fraction of sp³-hybridized carbons (Fsp3) is 0.533. The summed E-state index contributed by atoms with van der Waals surface area (Å²) in [7, 11) is 0. The van der Waals surface area contributed by atoms with Crippen LogP contribution >= 0.6 is 0 Å². The van der Waals surface area contributed by atoms with Crippen LogP contribution < -0.4 is 5.56 Å². The molecule has 0 radical (unpaired) electrons. The maximum atomic E-state index is 12.3. The summed E-state index contributed by atoms with van der Waals surface area (Å²) >= 11 is 0. The monoisotopic (exact) mass is 276 g/mol. The highest BCUT2D eigenvalue weighted by atomic mass is 16.2. The second kappa shape index (κ2) is 5.61. The van der Waals surface area contributed by atoms with Crippen LogP contribution in [0.15, 0.2) is 10.9 Å². The van der Waals surface area contributed by atoms with Gasteiger partial charge in [-0.05, 0) is 32.3 Å². The SMILES string of the molecule is CCN(CC)C(=O)c1cc2c([nH]c1=O)CC(C)CC2=O. The molecule has 1 aromatic heterocycles. The second-order valence-electron chi connectivity index (χ2n) is 5.32. The van der Waals surface area contributed by atoms with E-state index in [4.69, 9.17) is 0 Å². The number of carbonyl (C=O) groups is 2. The molecule has 0 aromatic carbocycles. The van der Waals surface area contributed by atoms with Gasteiger partial charge in [-0.1, -0.05) is 6.92 Å². The molecule has 108 valence electrons. The van der Waals surface area contributed by atoms with Gasteiger partial charge in [0.1, 0.15) is 5.56 Å². The van der Waals surface area contributed by atoms with Crippen LogP contribution in [0.1, 0.15) is 53.6 Å². The molecule has 0 bridgehead atoms. The zero-order chi connectivity index (χ0) is 14.9. The van der Waals surface area contributed by atoms with Gasteiger partial charge in [0.25, 0.3) is 11.5 Å². The summed E-state index contributed by atoms with van der Waals surface area (Å²) in [5, 5.41) is 0. The van der Waals surface area contributed by atoms with Crippen molar-refractivity contribution in [1.29, 1.82) is 0 Å². The summed E-state index contributed by atoms with van der Waals surface area (Å²) in [6.45, 7) is 6.78. The minimum Gasteiger partial charge on any atom is -0.339 e. The smallest absolute Gasteiger partial charge is 0.261 e. The molecule has 1 aromatic rings. The van der Waals surface area contributed by atoms with Gasteiger partial charge in [0.05, 0.1) is 0 Å². The maximum absolute atomic E-state index is 12.3. The molecule has 1 unspecified atom stereocenters. The van der Waals surface area contributed by atoms with E-state index >= 15 is 0 Å². The molecule has 5 heteroatoms. The number of hydrogen-bond donors (Lipinski definition) is 1. The first kappa shape index (κ1) is 14.5. The molecule has 0 spiro atoms. The molecule has 5 nitrogen and oxygen atoms in total. The lowest BCUT2D eigenvalue weighted by Crippen LogP contribution is -2.36. The molecule has 2 rings (SSSR count). The third-order valence-corrected chi connectivity index (χ3v) is 3.79. The molecule has 0 fully saturated rings. The number of carbonyl (C=O) groups excluding carboxylic acids is 2. The number of pyridine rings is 1. The summed E-state index contributed by atoms with van der Waals surface area (Å²) in [4.78, 5) is 40.7. The number of amides is 1. The molecule has 20 heavy (non-hydrogen) atoms. The molecule has 1 amide bonds. The summed E-state index contributed by atoms with van der Waals surface area (Å²) < 4.78 is 0. The Morgan fingerprint density at radius 3 is 2.55 bits per heavy atom. The summed E-state index contributed by atoms with van der Waals surface area (Å²) in [5.41, 5.74) is 0.825. The fourth-order valence-electron chi connectivity index (χ4n) is 2.67. The van der Waals surface area contributed by atoms with E-state index in [1.165, 1.54) is 6.07 Å². The molecule has 1 aliphatic rings. The van der Waals surface area contributed by atoms with E-state index in [1.54, 1.807) is 4.90 Å². The van der Waals surface area contributed by atoms with Crippen LogP contribution in [0.5, 0.6) is 0 Å². The lowest BCUT2D eigenvalue weighted by molar-refractivity contribution is 0.0771. The topological polar surface area (TPSA) is 70.2 Å². The third kappa shape index (κ3) is 2.53. The van der Waals surface area contributed by atoms with Crippen molar-refractivity contribution in [2.75, 3.05) is 13.1 Å². The molecule has 1 atom stereocenters. The highest BCUT2D eigenvalue weighted by Crippen LogP contribution is 2.23. The molecule has 1 heterocycles. The number of aromatic amines is 1. The Bertz CT molecular complexity index is 600. The number of Topliss-reactive ketones (excluding diaryl/α,β-unsaturated/α-hetero) is 1. The van der Waals surface area contributed by atoms with Crippen molar-refractivity contribution in [3.05, 3.63) is 33.2 Å². The number of H-pyrrole nitrogens is 1. The first-order valence-electron chi connectivity index (χ1n) is 7.06. The van der Waals surface area contributed by atoms with Crippen molar-refractivity contribution in [2.45, 2.75) is 33.6 Å². The summed E-state index contributed by atoms with van der Waals surface area (Å²) in [6.07, 6.45) is 1.15. The molecule has 1 N–H and O–H groups in total. The standard InChI is InChI=1S/C15H20N2O3/c1-4-17(5-2)15(20)11-8-10-12(16-14(11)19)6-9(3)7-13(10)18/h8-9H,4-7H2,1-3H3,(H,16,19). The van der Waals surface area contributed by atoms with Crippen molar-refractivity contribution in [1.82, 2.24) is 9.88 Å². The van der Waals surface area contributed by atoms with Gasteiger partial charge in [0.2, 0.25) is 0 Å². The van der Waals surface area contributed by atoms with Crippen molar-refractivity contribution in [2.24, 2.45) is 5.92 Å². The lowest BCUT2D eigenvalue weighted by Gasteiger charge is -2.22. The quantitative estimate of drug-likeness (QED) is 0.912. The van der Waals surface area contributed by atoms with Crippen LogP contribution in [0.3, 0.4) is 0 Å². The number of fused-ring (bicyclic) bond motifs is 1. The van der Waals surface area contributed by atoms with Gasteiger partial charge in [0.15, 0.2) is 5.78 Å². The van der Waals surface area contributed by atoms with Gasteiger partial charge in [0, 0.05) is 30.8 Å². The van der Waals surface area contributed by atoms with E-state index in [9.17, 15) is 14.4 Å². The Hall–Kier alpha value is -1.91. The van der Waals surface area contributed by atoms with E-state index in [-0.39, 0.29) is 23.2 Å². The predicted octanol–water partition coefficient (Wildman–Crippen LogP) is 1.62. The Morgan fingerprint density at radius 2 is 1.95 bits per heavy atom. The average molecular weight is 276 g/mol.